The van der Waals surface area contributed by atoms with Crippen molar-refractivity contribution >= 4 is 0 Å². The fourth-order valence-electron chi connectivity index (χ4n) is 2.13. The molecule has 2 rings (SSSR count). The molecule has 6 heteroatoms. The molecule has 0 saturated heterocycles. The van der Waals surface area contributed by atoms with Gasteiger partial charge in [-0.15, -0.1) is 0 Å². The van der Waals surface area contributed by atoms with Gasteiger partial charge in [0.05, 0.1) is 12.0 Å². The summed E-state index contributed by atoms with van der Waals surface area (Å²) in [4.78, 5) is 11.3. The lowest BCUT2D eigenvalue weighted by molar-refractivity contribution is 0.562. The highest BCUT2D eigenvalue weighted by Gasteiger charge is 1.94. The molecule has 0 unspecified atom stereocenters. The maximum Gasteiger partial charge on any atom is 0.0922 e. The Labute approximate surface area is 132 Å². The Morgan fingerprint density at radius 2 is 1.68 bits per heavy atom. The average molecular weight is 302 g/mol. The molecule has 0 bridgehead atoms. The van der Waals surface area contributed by atoms with E-state index in [1.165, 1.54) is 0 Å². The van der Waals surface area contributed by atoms with Crippen molar-refractivity contribution in [1.82, 2.24) is 30.9 Å². The van der Waals surface area contributed by atoms with Crippen LogP contribution in [-0.4, -0.2) is 41.1 Å². The summed E-state index contributed by atoms with van der Waals surface area (Å²) >= 11 is 0. The highest BCUT2D eigenvalue weighted by molar-refractivity contribution is 5.02. The zero-order valence-corrected chi connectivity index (χ0v) is 13.0. The van der Waals surface area contributed by atoms with Crippen LogP contribution >= 0.6 is 0 Å². The summed E-state index contributed by atoms with van der Waals surface area (Å²) in [5, 5.41) is 10.3. The molecule has 0 radical (unpaired) electrons. The van der Waals surface area contributed by atoms with E-state index in [2.05, 4.69) is 30.9 Å². The molecule has 22 heavy (non-hydrogen) atoms. The summed E-state index contributed by atoms with van der Waals surface area (Å²) in [5.74, 6) is 0. The van der Waals surface area contributed by atoms with Gasteiger partial charge in [-0.05, 0) is 51.2 Å². The molecule has 0 spiro atoms. The van der Waals surface area contributed by atoms with Gasteiger partial charge >= 0.3 is 0 Å². The smallest absolute Gasteiger partial charge is 0.0922 e. The predicted molar refractivity (Wildman–Crippen MR) is 88.3 cm³/mol. The van der Waals surface area contributed by atoms with Gasteiger partial charge in [0.25, 0.3) is 0 Å². The van der Waals surface area contributed by atoms with Crippen LogP contribution in [-0.2, 0) is 13.1 Å². The van der Waals surface area contributed by atoms with Crippen LogP contribution in [0.15, 0.2) is 36.9 Å². The van der Waals surface area contributed by atoms with Gasteiger partial charge in [0.2, 0.25) is 0 Å². The first-order valence-electron chi connectivity index (χ1n) is 7.94. The van der Waals surface area contributed by atoms with Crippen molar-refractivity contribution in [1.29, 1.82) is 0 Å². The van der Waals surface area contributed by atoms with Crippen LogP contribution in [0.4, 0.5) is 0 Å². The molecule has 0 amide bonds. The van der Waals surface area contributed by atoms with Crippen LogP contribution in [0.25, 0.3) is 0 Å². The molecule has 0 saturated carbocycles. The van der Waals surface area contributed by atoms with Crippen LogP contribution < -0.4 is 16.0 Å². The number of imidazole rings is 1. The summed E-state index contributed by atoms with van der Waals surface area (Å²) in [7, 11) is 0. The monoisotopic (exact) mass is 302 g/mol. The molecule has 0 aliphatic heterocycles. The van der Waals surface area contributed by atoms with Gasteiger partial charge in [-0.25, -0.2) is 4.98 Å². The normalized spacial score (nSPS) is 10.9. The third-order valence-electron chi connectivity index (χ3n) is 3.32. The minimum atomic E-state index is 0.846. The second-order valence-corrected chi connectivity index (χ2v) is 5.21. The highest BCUT2D eigenvalue weighted by atomic mass is 14.9. The van der Waals surface area contributed by atoms with Crippen LogP contribution in [0, 0.1) is 0 Å². The molecule has 2 aromatic heterocycles. The molecule has 2 aromatic rings. The molecule has 4 N–H and O–H groups in total. The Hall–Kier alpha value is -1.76. The molecular formula is C16H26N6. The fraction of sp³-hybridized carbons (Fsp3) is 0.500. The van der Waals surface area contributed by atoms with Crippen molar-refractivity contribution in [2.45, 2.75) is 25.9 Å². The lowest BCUT2D eigenvalue weighted by Gasteiger charge is -2.07. The van der Waals surface area contributed by atoms with Gasteiger partial charge in [0.15, 0.2) is 0 Å². The van der Waals surface area contributed by atoms with Crippen LogP contribution in [0.3, 0.4) is 0 Å². The molecule has 0 aliphatic rings. The van der Waals surface area contributed by atoms with Gasteiger partial charge in [0, 0.05) is 31.2 Å². The summed E-state index contributed by atoms with van der Waals surface area (Å²) in [5.41, 5.74) is 2.23. The zero-order chi connectivity index (χ0) is 15.3. The number of hydrogen-bond acceptors (Lipinski definition) is 5. The van der Waals surface area contributed by atoms with Crippen molar-refractivity contribution in [2.24, 2.45) is 0 Å². The summed E-state index contributed by atoms with van der Waals surface area (Å²) in [6, 6.07) is 6.00. The number of aromatic amines is 1. The van der Waals surface area contributed by atoms with E-state index in [-0.39, 0.29) is 0 Å². The Bertz CT molecular complexity index is 471. The van der Waals surface area contributed by atoms with Gasteiger partial charge in [-0.3, -0.25) is 4.98 Å². The summed E-state index contributed by atoms with van der Waals surface area (Å²) < 4.78 is 0. The zero-order valence-electron chi connectivity index (χ0n) is 13.0. The van der Waals surface area contributed by atoms with E-state index in [0.717, 1.165) is 63.5 Å². The first-order valence-corrected chi connectivity index (χ1v) is 7.94. The molecular weight excluding hydrogens is 276 g/mol. The first kappa shape index (κ1) is 16.6. The van der Waals surface area contributed by atoms with E-state index < -0.39 is 0 Å². The minimum absolute atomic E-state index is 0.846. The second-order valence-electron chi connectivity index (χ2n) is 5.21. The number of nitrogens with zero attached hydrogens (tertiary/aromatic N) is 2. The molecule has 0 atom stereocenters. The fourth-order valence-corrected chi connectivity index (χ4v) is 2.13. The summed E-state index contributed by atoms with van der Waals surface area (Å²) in [6.45, 7) is 5.84. The van der Waals surface area contributed by atoms with Crippen molar-refractivity contribution in [3.8, 4) is 0 Å². The SMILES string of the molecule is c1ccc(CNCCCNCCCNCc2cnc[nH]2)nc1. The maximum atomic E-state index is 4.28. The molecule has 0 aromatic carbocycles. The molecule has 2 heterocycles. The van der Waals surface area contributed by atoms with Gasteiger partial charge < -0.3 is 20.9 Å². The van der Waals surface area contributed by atoms with Gasteiger partial charge in [-0.2, -0.15) is 0 Å². The van der Waals surface area contributed by atoms with E-state index in [1.54, 1.807) is 6.33 Å². The third kappa shape index (κ3) is 7.31. The van der Waals surface area contributed by atoms with E-state index in [4.69, 9.17) is 0 Å². The molecule has 120 valence electrons. The highest BCUT2D eigenvalue weighted by Crippen LogP contribution is 1.92. The van der Waals surface area contributed by atoms with E-state index >= 15 is 0 Å². The number of H-pyrrole nitrogens is 1. The third-order valence-corrected chi connectivity index (χ3v) is 3.32. The standard InChI is InChI=1S/C16H26N6/c1-2-10-21-15(5-1)11-18-8-3-6-17-7-4-9-19-12-16-13-20-14-22-16/h1-2,5,10,13-14,17-19H,3-4,6-9,11-12H2,(H,20,22). The Morgan fingerprint density at radius 1 is 0.909 bits per heavy atom. The lowest BCUT2D eigenvalue weighted by Crippen LogP contribution is -2.25. The Kier molecular flexibility index (Phi) is 8.22. The lowest BCUT2D eigenvalue weighted by atomic mass is 10.3. The predicted octanol–water partition coefficient (Wildman–Crippen LogP) is 1.05. The van der Waals surface area contributed by atoms with Crippen molar-refractivity contribution < 1.29 is 0 Å². The molecule has 0 aliphatic carbocycles. The number of pyridine rings is 1. The molecule has 6 nitrogen and oxygen atoms in total. The average Bonchev–Trinajstić information content (AvgIpc) is 3.07. The topological polar surface area (TPSA) is 77.7 Å². The van der Waals surface area contributed by atoms with Gasteiger partial charge in [-0.1, -0.05) is 6.07 Å². The largest absolute Gasteiger partial charge is 0.347 e. The van der Waals surface area contributed by atoms with Crippen molar-refractivity contribution in [2.75, 3.05) is 26.2 Å². The van der Waals surface area contributed by atoms with Crippen molar-refractivity contribution in [3.63, 3.8) is 0 Å². The Balaban J connectivity index is 1.33. The van der Waals surface area contributed by atoms with Crippen LogP contribution in [0.2, 0.25) is 0 Å². The first-order chi connectivity index (χ1) is 10.9. The molecule has 0 fully saturated rings. The van der Waals surface area contributed by atoms with E-state index in [9.17, 15) is 0 Å². The second kappa shape index (κ2) is 10.9. The Morgan fingerprint density at radius 3 is 2.36 bits per heavy atom. The number of nitrogens with one attached hydrogen (secondary N) is 4. The van der Waals surface area contributed by atoms with E-state index in [0.29, 0.717) is 0 Å². The van der Waals surface area contributed by atoms with E-state index in [1.807, 2.05) is 30.6 Å². The number of rotatable bonds is 12. The minimum Gasteiger partial charge on any atom is -0.347 e. The summed E-state index contributed by atoms with van der Waals surface area (Å²) in [6.07, 6.45) is 7.66. The quantitative estimate of drug-likeness (QED) is 0.441. The van der Waals surface area contributed by atoms with Gasteiger partial charge in [0.1, 0.15) is 0 Å². The maximum absolute atomic E-state index is 4.28. The van der Waals surface area contributed by atoms with Crippen molar-refractivity contribution in [3.05, 3.63) is 48.3 Å². The van der Waals surface area contributed by atoms with Crippen LogP contribution in [0.1, 0.15) is 24.2 Å². The number of hydrogen-bond donors (Lipinski definition) is 4. The van der Waals surface area contributed by atoms with Crippen LogP contribution in [0.5, 0.6) is 0 Å². The number of aromatic nitrogens is 3.